The molecule has 0 aliphatic rings. The number of hydrogen-bond donors (Lipinski definition) is 1. The Morgan fingerprint density at radius 3 is 1.83 bits per heavy atom. The summed E-state index contributed by atoms with van der Waals surface area (Å²) in [5.74, 6) is -1.64. The van der Waals surface area contributed by atoms with Crippen molar-refractivity contribution in [1.82, 2.24) is 0 Å². The summed E-state index contributed by atoms with van der Waals surface area (Å²) >= 11 is 0. The molecule has 2 rings (SSSR count). The third-order valence-electron chi connectivity index (χ3n) is 3.90. The highest BCUT2D eigenvalue weighted by atomic mass is 19.2. The molecule has 0 heterocycles. The van der Waals surface area contributed by atoms with E-state index in [0.717, 1.165) is 24.1 Å². The van der Waals surface area contributed by atoms with Gasteiger partial charge in [0.25, 0.3) is 0 Å². The van der Waals surface area contributed by atoms with Gasteiger partial charge in [-0.05, 0) is 42.7 Å². The highest BCUT2D eigenvalue weighted by molar-refractivity contribution is 5.83. The summed E-state index contributed by atoms with van der Waals surface area (Å²) in [6, 6.07) is 13.6. The maximum Gasteiger partial charge on any atom is 0.166 e. The number of benzene rings is 2. The zero-order valence-corrected chi connectivity index (χ0v) is 13.7. The molecular weight excluding hydrogens is 292 g/mol. The number of hydrogen-bond acceptors (Lipinski definition) is 1. The molecule has 0 amide bonds. The summed E-state index contributed by atoms with van der Waals surface area (Å²) in [6.45, 7) is 2.16. The second-order valence-electron chi connectivity index (χ2n) is 5.61. The highest BCUT2D eigenvalue weighted by Crippen LogP contribution is 2.29. The van der Waals surface area contributed by atoms with Crippen LogP contribution in [0.5, 0.6) is 0 Å². The van der Waals surface area contributed by atoms with Gasteiger partial charge in [-0.1, -0.05) is 44.0 Å². The van der Waals surface area contributed by atoms with Gasteiger partial charge in [-0.25, -0.2) is 8.78 Å². The Morgan fingerprint density at radius 2 is 1.35 bits per heavy atom. The number of unbranched alkanes of at least 4 members (excludes halogenated alkanes) is 2. The molecule has 1 N–H and O–H groups in total. The van der Waals surface area contributed by atoms with Crippen molar-refractivity contribution in [3.05, 3.63) is 65.2 Å². The molecule has 0 bridgehead atoms. The molecule has 0 aromatic heterocycles. The zero-order chi connectivity index (χ0) is 16.7. The highest BCUT2D eigenvalue weighted by Gasteiger charge is 2.11. The van der Waals surface area contributed by atoms with Gasteiger partial charge in [0.2, 0.25) is 0 Å². The van der Waals surface area contributed by atoms with E-state index in [1.807, 2.05) is 12.1 Å². The van der Waals surface area contributed by atoms with Gasteiger partial charge in [-0.3, -0.25) is 0 Å². The first kappa shape index (κ1) is 17.2. The van der Waals surface area contributed by atoms with E-state index in [2.05, 4.69) is 12.2 Å². The Balaban J connectivity index is 2.15. The molecule has 23 heavy (non-hydrogen) atoms. The van der Waals surface area contributed by atoms with E-state index < -0.39 is 11.7 Å². The summed E-state index contributed by atoms with van der Waals surface area (Å²) in [5, 5.41) is 2.95. The van der Waals surface area contributed by atoms with Crippen LogP contribution in [0.4, 0.5) is 14.5 Å². The standard InChI is InChI=1S/C20H23F2N/c1-3-4-5-6-15-7-9-16(10-8-15)19(21)20(22)17-11-13-18(23-2)14-12-17/h7-14,23H,3-6H2,1-2H3/b20-19+. The lowest BCUT2D eigenvalue weighted by molar-refractivity contribution is 0.699. The zero-order valence-electron chi connectivity index (χ0n) is 13.7. The number of aryl methyl sites for hydroxylation is 1. The molecule has 0 aliphatic heterocycles. The first-order valence-electron chi connectivity index (χ1n) is 8.08. The maximum atomic E-state index is 14.3. The molecule has 122 valence electrons. The Hall–Kier alpha value is -2.16. The molecule has 3 heteroatoms. The minimum atomic E-state index is -0.827. The second kappa shape index (κ2) is 8.47. The SMILES string of the molecule is CCCCCc1ccc(/C(F)=C(\F)c2ccc(NC)cc2)cc1. The molecule has 2 aromatic rings. The third kappa shape index (κ3) is 4.65. The molecule has 0 radical (unpaired) electrons. The summed E-state index contributed by atoms with van der Waals surface area (Å²) < 4.78 is 28.6. The van der Waals surface area contributed by atoms with Crippen LogP contribution in [0.2, 0.25) is 0 Å². The molecule has 0 atom stereocenters. The van der Waals surface area contributed by atoms with Crippen LogP contribution < -0.4 is 5.32 Å². The quantitative estimate of drug-likeness (QED) is 0.472. The smallest absolute Gasteiger partial charge is 0.166 e. The minimum Gasteiger partial charge on any atom is -0.388 e. The van der Waals surface area contributed by atoms with Crippen molar-refractivity contribution < 1.29 is 8.78 Å². The van der Waals surface area contributed by atoms with Gasteiger partial charge in [-0.15, -0.1) is 0 Å². The van der Waals surface area contributed by atoms with Crippen molar-refractivity contribution in [1.29, 1.82) is 0 Å². The van der Waals surface area contributed by atoms with Gasteiger partial charge in [0.05, 0.1) is 0 Å². The van der Waals surface area contributed by atoms with Gasteiger partial charge in [0.15, 0.2) is 11.7 Å². The van der Waals surface area contributed by atoms with Crippen LogP contribution in [0.3, 0.4) is 0 Å². The number of halogens is 2. The number of rotatable bonds is 7. The maximum absolute atomic E-state index is 14.3. The van der Waals surface area contributed by atoms with Crippen molar-refractivity contribution in [3.63, 3.8) is 0 Å². The first-order valence-corrected chi connectivity index (χ1v) is 8.08. The minimum absolute atomic E-state index is 0.244. The topological polar surface area (TPSA) is 12.0 Å². The molecule has 2 aromatic carbocycles. The fourth-order valence-electron chi connectivity index (χ4n) is 2.43. The average molecular weight is 315 g/mol. The van der Waals surface area contributed by atoms with E-state index in [1.54, 1.807) is 43.4 Å². The van der Waals surface area contributed by atoms with Crippen molar-refractivity contribution in [2.24, 2.45) is 0 Å². The summed E-state index contributed by atoms with van der Waals surface area (Å²) in [4.78, 5) is 0. The van der Waals surface area contributed by atoms with Crippen LogP contribution >= 0.6 is 0 Å². The van der Waals surface area contributed by atoms with Crippen LogP contribution in [0, 0.1) is 0 Å². The van der Waals surface area contributed by atoms with Crippen molar-refractivity contribution in [3.8, 4) is 0 Å². The molecule has 0 fully saturated rings. The van der Waals surface area contributed by atoms with E-state index in [1.165, 1.54) is 12.8 Å². The van der Waals surface area contributed by atoms with Crippen molar-refractivity contribution >= 4 is 17.3 Å². The van der Waals surface area contributed by atoms with Crippen LogP contribution in [0.25, 0.3) is 11.7 Å². The lowest BCUT2D eigenvalue weighted by Crippen LogP contribution is -1.90. The Morgan fingerprint density at radius 1 is 0.826 bits per heavy atom. The Labute approximate surface area is 137 Å². The van der Waals surface area contributed by atoms with Crippen LogP contribution in [0.1, 0.15) is 42.9 Å². The van der Waals surface area contributed by atoms with Gasteiger partial charge < -0.3 is 5.32 Å². The first-order chi connectivity index (χ1) is 11.2. The Kier molecular flexibility index (Phi) is 6.33. The lowest BCUT2D eigenvalue weighted by atomic mass is 10.0. The average Bonchev–Trinajstić information content (AvgIpc) is 2.61. The van der Waals surface area contributed by atoms with Crippen LogP contribution in [0.15, 0.2) is 48.5 Å². The van der Waals surface area contributed by atoms with Gasteiger partial charge in [0.1, 0.15) is 0 Å². The Bertz CT molecular complexity index is 642. The molecule has 0 saturated carbocycles. The van der Waals surface area contributed by atoms with Crippen molar-refractivity contribution in [2.45, 2.75) is 32.6 Å². The molecule has 0 spiro atoms. The van der Waals surface area contributed by atoms with Gasteiger partial charge >= 0.3 is 0 Å². The normalized spacial score (nSPS) is 12.0. The summed E-state index contributed by atoms with van der Waals surface area (Å²) in [5.41, 5.74) is 2.54. The number of nitrogens with one attached hydrogen (secondary N) is 1. The molecule has 0 unspecified atom stereocenters. The van der Waals surface area contributed by atoms with Gasteiger partial charge in [-0.2, -0.15) is 0 Å². The third-order valence-corrected chi connectivity index (χ3v) is 3.90. The predicted octanol–water partition coefficient (Wildman–Crippen LogP) is 6.23. The van der Waals surface area contributed by atoms with E-state index in [9.17, 15) is 8.78 Å². The van der Waals surface area contributed by atoms with E-state index in [0.29, 0.717) is 0 Å². The summed E-state index contributed by atoms with van der Waals surface area (Å²) in [7, 11) is 1.78. The molecule has 1 nitrogen and oxygen atoms in total. The largest absolute Gasteiger partial charge is 0.388 e. The van der Waals surface area contributed by atoms with E-state index >= 15 is 0 Å². The molecule has 0 aliphatic carbocycles. The lowest BCUT2D eigenvalue weighted by Gasteiger charge is -2.06. The van der Waals surface area contributed by atoms with Crippen molar-refractivity contribution in [2.75, 3.05) is 12.4 Å². The van der Waals surface area contributed by atoms with E-state index in [4.69, 9.17) is 0 Å². The molecular formula is C20H23F2N. The fourth-order valence-corrected chi connectivity index (χ4v) is 2.43. The monoisotopic (exact) mass is 315 g/mol. The van der Waals surface area contributed by atoms with E-state index in [-0.39, 0.29) is 11.1 Å². The van der Waals surface area contributed by atoms with Gasteiger partial charge in [0, 0.05) is 23.9 Å². The summed E-state index contributed by atoms with van der Waals surface area (Å²) in [6.07, 6.45) is 4.47. The van der Waals surface area contributed by atoms with Crippen LogP contribution in [-0.4, -0.2) is 7.05 Å². The molecule has 0 saturated heterocycles. The second-order valence-corrected chi connectivity index (χ2v) is 5.61. The number of anilines is 1. The predicted molar refractivity (Wildman–Crippen MR) is 94.7 cm³/mol. The fraction of sp³-hybridized carbons (Fsp3) is 0.300. The van der Waals surface area contributed by atoms with Crippen LogP contribution in [-0.2, 0) is 6.42 Å².